The van der Waals surface area contributed by atoms with Crippen molar-refractivity contribution in [2.24, 2.45) is 5.92 Å². The number of carbonyl (C=O) groups excluding carboxylic acids is 1. The Hall–Kier alpha value is -2.23. The summed E-state index contributed by atoms with van der Waals surface area (Å²) < 4.78 is 0. The highest BCUT2D eigenvalue weighted by atomic mass is 16.3. The fourth-order valence-corrected chi connectivity index (χ4v) is 3.32. The molecule has 0 atom stereocenters. The molecule has 0 saturated carbocycles. The summed E-state index contributed by atoms with van der Waals surface area (Å²) in [5, 5.41) is 18.3. The van der Waals surface area contributed by atoms with Crippen LogP contribution in [0, 0.1) is 5.92 Å². The third kappa shape index (κ3) is 10.5. The van der Waals surface area contributed by atoms with Gasteiger partial charge in [0, 0.05) is 13.2 Å². The molecule has 2 aromatic carbocycles. The van der Waals surface area contributed by atoms with Crippen molar-refractivity contribution in [2.75, 3.05) is 13.2 Å². The maximum atomic E-state index is 9.41. The van der Waals surface area contributed by atoms with E-state index >= 15 is 0 Å². The van der Waals surface area contributed by atoms with Gasteiger partial charge >= 0.3 is 0 Å². The van der Waals surface area contributed by atoms with Crippen LogP contribution in [0.1, 0.15) is 57.1 Å². The van der Waals surface area contributed by atoms with Crippen molar-refractivity contribution in [3.63, 3.8) is 0 Å². The zero-order valence-electron chi connectivity index (χ0n) is 18.6. The van der Waals surface area contributed by atoms with Gasteiger partial charge in [-0.15, -0.1) is 0 Å². The van der Waals surface area contributed by atoms with Gasteiger partial charge in [-0.3, -0.25) is 4.79 Å². The van der Waals surface area contributed by atoms with Gasteiger partial charge in [0.25, 0.3) is 0 Å². The number of hydrogen-bond donors (Lipinski definition) is 2. The van der Waals surface area contributed by atoms with Gasteiger partial charge in [0.2, 0.25) is 0 Å². The van der Waals surface area contributed by atoms with E-state index in [2.05, 4.69) is 62.0 Å². The van der Waals surface area contributed by atoms with E-state index in [0.717, 1.165) is 25.5 Å². The molecule has 2 rings (SSSR count). The number of aliphatic hydroxyl groups is 2. The first-order valence-corrected chi connectivity index (χ1v) is 11.0. The molecule has 0 bridgehead atoms. The van der Waals surface area contributed by atoms with E-state index in [9.17, 15) is 4.79 Å². The first-order chi connectivity index (χ1) is 14.5. The van der Waals surface area contributed by atoms with Crippen LogP contribution in [-0.4, -0.2) is 29.7 Å². The standard InChI is InChI=1S/C23H32O2.C4H6O/c1-2-3-4-5-19-6-10-22(11-7-19)23-12-8-20(9-13-23)18-21(14-16-24)15-17-25;1-4(2)3-5/h6-13,21,24-25H,2-5,14-18H2,1H3;3H,1H2,2H3. The van der Waals surface area contributed by atoms with Crippen LogP contribution >= 0.6 is 0 Å². The van der Waals surface area contributed by atoms with Crippen molar-refractivity contribution < 1.29 is 15.0 Å². The lowest BCUT2D eigenvalue weighted by Crippen LogP contribution is -2.09. The van der Waals surface area contributed by atoms with Crippen LogP contribution < -0.4 is 0 Å². The fraction of sp³-hybridized carbons (Fsp3) is 0.444. The van der Waals surface area contributed by atoms with E-state index in [1.54, 1.807) is 6.92 Å². The molecule has 0 aromatic heterocycles. The van der Waals surface area contributed by atoms with Crippen LogP contribution in [0.3, 0.4) is 0 Å². The van der Waals surface area contributed by atoms with E-state index in [1.165, 1.54) is 47.9 Å². The Kier molecular flexibility index (Phi) is 13.4. The third-order valence-corrected chi connectivity index (χ3v) is 5.11. The number of benzene rings is 2. The lowest BCUT2D eigenvalue weighted by atomic mass is 9.92. The predicted octanol–water partition coefficient (Wildman–Crippen LogP) is 5.77. The number of hydrogen-bond acceptors (Lipinski definition) is 3. The number of carbonyl (C=O) groups is 1. The molecule has 0 amide bonds. The predicted molar refractivity (Wildman–Crippen MR) is 127 cm³/mol. The second kappa shape index (κ2) is 15.6. The zero-order chi connectivity index (χ0) is 22.2. The highest BCUT2D eigenvalue weighted by Gasteiger charge is 2.09. The molecular weight excluding hydrogens is 372 g/mol. The molecular formula is C27H38O3. The molecule has 3 heteroatoms. The summed E-state index contributed by atoms with van der Waals surface area (Å²) >= 11 is 0. The Morgan fingerprint density at radius 3 is 1.77 bits per heavy atom. The molecule has 2 aromatic rings. The average Bonchev–Trinajstić information content (AvgIpc) is 2.76. The molecule has 0 aliphatic heterocycles. The number of aldehydes is 1. The molecule has 0 aliphatic carbocycles. The number of unbranched alkanes of at least 4 members (excludes halogenated alkanes) is 2. The van der Waals surface area contributed by atoms with Gasteiger partial charge in [-0.25, -0.2) is 0 Å². The average molecular weight is 411 g/mol. The minimum absolute atomic E-state index is 0.188. The first kappa shape index (κ1) is 25.8. The molecule has 0 unspecified atom stereocenters. The maximum absolute atomic E-state index is 9.41. The lowest BCUT2D eigenvalue weighted by Gasteiger charge is -2.14. The van der Waals surface area contributed by atoms with Crippen molar-refractivity contribution in [2.45, 2.75) is 58.8 Å². The quantitative estimate of drug-likeness (QED) is 0.265. The highest BCUT2D eigenvalue weighted by molar-refractivity contribution is 5.70. The monoisotopic (exact) mass is 410 g/mol. The van der Waals surface area contributed by atoms with E-state index in [1.807, 2.05) is 0 Å². The molecule has 0 saturated heterocycles. The van der Waals surface area contributed by atoms with Gasteiger partial charge in [-0.05, 0) is 72.8 Å². The summed E-state index contributed by atoms with van der Waals surface area (Å²) in [5.41, 5.74) is 5.76. The largest absolute Gasteiger partial charge is 0.396 e. The summed E-state index contributed by atoms with van der Waals surface area (Å²) in [6.07, 6.45) is 8.15. The van der Waals surface area contributed by atoms with Crippen molar-refractivity contribution in [1.29, 1.82) is 0 Å². The second-order valence-electron chi connectivity index (χ2n) is 7.91. The van der Waals surface area contributed by atoms with E-state index < -0.39 is 0 Å². The normalized spacial score (nSPS) is 10.4. The molecule has 0 radical (unpaired) electrons. The first-order valence-electron chi connectivity index (χ1n) is 11.0. The summed E-state index contributed by atoms with van der Waals surface area (Å²) in [7, 11) is 0. The minimum atomic E-state index is 0.188. The van der Waals surface area contributed by atoms with Gasteiger partial charge in [-0.2, -0.15) is 0 Å². The number of aliphatic hydroxyl groups excluding tert-OH is 2. The summed E-state index contributed by atoms with van der Waals surface area (Å²) in [6.45, 7) is 7.58. The molecule has 0 fully saturated rings. The van der Waals surface area contributed by atoms with Crippen molar-refractivity contribution in [1.82, 2.24) is 0 Å². The Morgan fingerprint density at radius 1 is 0.900 bits per heavy atom. The van der Waals surface area contributed by atoms with E-state index in [0.29, 0.717) is 11.5 Å². The fourth-order valence-electron chi connectivity index (χ4n) is 3.32. The van der Waals surface area contributed by atoms with Gasteiger partial charge < -0.3 is 10.2 Å². The lowest BCUT2D eigenvalue weighted by molar-refractivity contribution is -0.104. The van der Waals surface area contributed by atoms with Crippen LogP contribution in [0.2, 0.25) is 0 Å². The summed E-state index contributed by atoms with van der Waals surface area (Å²) in [4.78, 5) is 9.41. The third-order valence-electron chi connectivity index (χ3n) is 5.11. The Morgan fingerprint density at radius 2 is 1.37 bits per heavy atom. The molecule has 0 heterocycles. The van der Waals surface area contributed by atoms with Gasteiger partial charge in [-0.1, -0.05) is 74.9 Å². The van der Waals surface area contributed by atoms with Crippen LogP contribution in [0.25, 0.3) is 11.1 Å². The Labute approximate surface area is 182 Å². The van der Waals surface area contributed by atoms with Gasteiger partial charge in [0.05, 0.1) is 0 Å². The number of rotatable bonds is 12. The zero-order valence-corrected chi connectivity index (χ0v) is 18.6. The van der Waals surface area contributed by atoms with Gasteiger partial charge in [0.1, 0.15) is 6.29 Å². The Balaban J connectivity index is 0.000000804. The van der Waals surface area contributed by atoms with Crippen molar-refractivity contribution in [3.05, 3.63) is 71.8 Å². The SMILES string of the molecule is C=C(C)C=O.CCCCCc1ccc(-c2ccc(CC(CCO)CCO)cc2)cc1. The topological polar surface area (TPSA) is 57.5 Å². The second-order valence-corrected chi connectivity index (χ2v) is 7.91. The summed E-state index contributed by atoms with van der Waals surface area (Å²) in [5.74, 6) is 0.350. The molecule has 0 aliphatic rings. The van der Waals surface area contributed by atoms with Crippen LogP contribution in [0.4, 0.5) is 0 Å². The van der Waals surface area contributed by atoms with E-state index in [4.69, 9.17) is 10.2 Å². The van der Waals surface area contributed by atoms with Crippen molar-refractivity contribution >= 4 is 6.29 Å². The van der Waals surface area contributed by atoms with Crippen LogP contribution in [0.5, 0.6) is 0 Å². The molecule has 30 heavy (non-hydrogen) atoms. The maximum Gasteiger partial charge on any atom is 0.145 e. The van der Waals surface area contributed by atoms with Crippen LogP contribution in [0.15, 0.2) is 60.7 Å². The molecule has 3 nitrogen and oxygen atoms in total. The number of aryl methyl sites for hydroxylation is 1. The molecule has 164 valence electrons. The minimum Gasteiger partial charge on any atom is -0.396 e. The Bertz CT molecular complexity index is 711. The summed E-state index contributed by atoms with van der Waals surface area (Å²) in [6, 6.07) is 17.6. The van der Waals surface area contributed by atoms with Crippen molar-refractivity contribution in [3.8, 4) is 11.1 Å². The molecule has 0 spiro atoms. The van der Waals surface area contributed by atoms with E-state index in [-0.39, 0.29) is 13.2 Å². The molecule has 2 N–H and O–H groups in total. The highest BCUT2D eigenvalue weighted by Crippen LogP contribution is 2.23. The smallest absolute Gasteiger partial charge is 0.145 e. The van der Waals surface area contributed by atoms with Crippen LogP contribution in [-0.2, 0) is 17.6 Å². The van der Waals surface area contributed by atoms with Gasteiger partial charge in [0.15, 0.2) is 0 Å². The number of allylic oxidation sites excluding steroid dienone is 1.